The smallest absolute Gasteiger partial charge is 0.161 e. The van der Waals surface area contributed by atoms with Gasteiger partial charge >= 0.3 is 0 Å². The lowest BCUT2D eigenvalue weighted by Crippen LogP contribution is -2.38. The van der Waals surface area contributed by atoms with Crippen molar-refractivity contribution in [1.29, 1.82) is 5.26 Å². The highest BCUT2D eigenvalue weighted by atomic mass is 35.5. The molecule has 6 heteroatoms. The van der Waals surface area contributed by atoms with Gasteiger partial charge in [0.15, 0.2) is 5.69 Å². The molecule has 2 aliphatic rings. The van der Waals surface area contributed by atoms with Crippen molar-refractivity contribution >= 4 is 17.4 Å². The first-order valence-corrected chi connectivity index (χ1v) is 8.15. The zero-order chi connectivity index (χ0) is 15.4. The van der Waals surface area contributed by atoms with E-state index in [9.17, 15) is 0 Å². The van der Waals surface area contributed by atoms with Crippen LogP contribution in [-0.4, -0.2) is 44.0 Å². The number of hydrogen-bond acceptors (Lipinski definition) is 5. The Labute approximate surface area is 135 Å². The molecule has 3 rings (SSSR count). The van der Waals surface area contributed by atoms with Crippen LogP contribution in [0.3, 0.4) is 0 Å². The molecule has 1 unspecified atom stereocenters. The van der Waals surface area contributed by atoms with Gasteiger partial charge in [0.05, 0.1) is 24.3 Å². The number of ether oxygens (including phenoxy) is 2. The normalized spacial score (nSPS) is 22.7. The summed E-state index contributed by atoms with van der Waals surface area (Å²) in [5, 5.41) is 9.42. The number of nitrogens with zero attached hydrogens (tertiary/aromatic N) is 3. The predicted octanol–water partition coefficient (Wildman–Crippen LogP) is 2.63. The molecule has 0 saturated carbocycles. The van der Waals surface area contributed by atoms with Gasteiger partial charge in [-0.15, -0.1) is 0 Å². The van der Waals surface area contributed by atoms with E-state index < -0.39 is 0 Å². The summed E-state index contributed by atoms with van der Waals surface area (Å²) >= 11 is 5.93. The van der Waals surface area contributed by atoms with Crippen molar-refractivity contribution in [3.63, 3.8) is 0 Å². The topological polar surface area (TPSA) is 58.4 Å². The number of piperidine rings is 1. The molecule has 118 valence electrons. The molecule has 0 amide bonds. The molecule has 22 heavy (non-hydrogen) atoms. The molecule has 1 atom stereocenters. The molecular weight excluding hydrogens is 302 g/mol. The van der Waals surface area contributed by atoms with Gasteiger partial charge in [-0.25, -0.2) is 4.98 Å². The zero-order valence-corrected chi connectivity index (χ0v) is 13.3. The van der Waals surface area contributed by atoms with Crippen molar-refractivity contribution in [2.24, 2.45) is 5.92 Å². The van der Waals surface area contributed by atoms with Gasteiger partial charge in [-0.1, -0.05) is 11.6 Å². The largest absolute Gasteiger partial charge is 0.381 e. The summed E-state index contributed by atoms with van der Waals surface area (Å²) in [6.45, 7) is 4.31. The molecule has 0 bridgehead atoms. The summed E-state index contributed by atoms with van der Waals surface area (Å²) < 4.78 is 11.4. The van der Waals surface area contributed by atoms with E-state index in [2.05, 4.69) is 9.88 Å². The van der Waals surface area contributed by atoms with E-state index in [0.29, 0.717) is 22.7 Å². The van der Waals surface area contributed by atoms with E-state index >= 15 is 0 Å². The second-order valence-corrected chi connectivity index (χ2v) is 6.27. The SMILES string of the molecule is N#Cc1nc(N2CCC(OCC3CCOC3)CC2)ccc1Cl. The van der Waals surface area contributed by atoms with Gasteiger partial charge in [0, 0.05) is 25.6 Å². The molecular formula is C16H20ClN3O2. The minimum absolute atomic E-state index is 0.291. The fourth-order valence-corrected chi connectivity index (χ4v) is 3.07. The third-order valence-corrected chi connectivity index (χ3v) is 4.60. The first kappa shape index (κ1) is 15.5. The van der Waals surface area contributed by atoms with Gasteiger partial charge in [-0.3, -0.25) is 0 Å². The maximum absolute atomic E-state index is 9.01. The molecule has 1 aromatic heterocycles. The Hall–Kier alpha value is -1.35. The Bertz CT molecular complexity index is 547. The Morgan fingerprint density at radius 3 is 2.86 bits per heavy atom. The fourth-order valence-electron chi connectivity index (χ4n) is 2.92. The highest BCUT2D eigenvalue weighted by Gasteiger charge is 2.23. The quantitative estimate of drug-likeness (QED) is 0.853. The molecule has 0 aromatic carbocycles. The second-order valence-electron chi connectivity index (χ2n) is 5.86. The van der Waals surface area contributed by atoms with Gasteiger partial charge in [0.25, 0.3) is 0 Å². The number of hydrogen-bond donors (Lipinski definition) is 0. The van der Waals surface area contributed by atoms with Gasteiger partial charge in [-0.05, 0) is 31.4 Å². The Balaban J connectivity index is 1.50. The average Bonchev–Trinajstić information content (AvgIpc) is 3.07. The molecule has 0 spiro atoms. The van der Waals surface area contributed by atoms with Crippen LogP contribution in [0, 0.1) is 17.2 Å². The molecule has 0 radical (unpaired) electrons. The third kappa shape index (κ3) is 3.70. The van der Waals surface area contributed by atoms with E-state index in [1.807, 2.05) is 12.1 Å². The van der Waals surface area contributed by atoms with Gasteiger partial charge in [0.1, 0.15) is 11.9 Å². The lowest BCUT2D eigenvalue weighted by Gasteiger charge is -2.33. The molecule has 0 aliphatic carbocycles. The van der Waals surface area contributed by atoms with Crippen molar-refractivity contribution in [2.75, 3.05) is 37.8 Å². The van der Waals surface area contributed by atoms with Crippen molar-refractivity contribution in [2.45, 2.75) is 25.4 Å². The highest BCUT2D eigenvalue weighted by Crippen LogP contribution is 2.23. The van der Waals surface area contributed by atoms with Crippen LogP contribution in [0.25, 0.3) is 0 Å². The minimum atomic E-state index is 0.291. The van der Waals surface area contributed by atoms with Gasteiger partial charge in [-0.2, -0.15) is 5.26 Å². The minimum Gasteiger partial charge on any atom is -0.381 e. The second kappa shape index (κ2) is 7.28. The Morgan fingerprint density at radius 2 is 2.18 bits per heavy atom. The standard InChI is InChI=1S/C16H20ClN3O2/c17-14-1-2-16(19-15(14)9-18)20-6-3-13(4-7-20)22-11-12-5-8-21-10-12/h1-2,12-13H,3-8,10-11H2. The summed E-state index contributed by atoms with van der Waals surface area (Å²) in [4.78, 5) is 6.51. The zero-order valence-electron chi connectivity index (χ0n) is 12.5. The molecule has 2 aliphatic heterocycles. The van der Waals surface area contributed by atoms with Crippen LogP contribution in [0.1, 0.15) is 25.0 Å². The fraction of sp³-hybridized carbons (Fsp3) is 0.625. The van der Waals surface area contributed by atoms with E-state index in [4.69, 9.17) is 26.3 Å². The van der Waals surface area contributed by atoms with Crippen molar-refractivity contribution < 1.29 is 9.47 Å². The lowest BCUT2D eigenvalue weighted by atomic mass is 10.1. The number of rotatable bonds is 4. The van der Waals surface area contributed by atoms with Crippen LogP contribution in [-0.2, 0) is 9.47 Å². The average molecular weight is 322 g/mol. The van der Waals surface area contributed by atoms with E-state index in [1.165, 1.54) is 0 Å². The Kier molecular flexibility index (Phi) is 5.14. The lowest BCUT2D eigenvalue weighted by molar-refractivity contribution is 0.0131. The van der Waals surface area contributed by atoms with Crippen LogP contribution < -0.4 is 4.90 Å². The number of halogens is 1. The molecule has 0 N–H and O–H groups in total. The Morgan fingerprint density at radius 1 is 1.36 bits per heavy atom. The van der Waals surface area contributed by atoms with Crippen molar-refractivity contribution in [3.8, 4) is 6.07 Å². The van der Waals surface area contributed by atoms with Crippen molar-refractivity contribution in [1.82, 2.24) is 4.98 Å². The summed E-state index contributed by atoms with van der Waals surface area (Å²) in [7, 11) is 0. The maximum atomic E-state index is 9.01. The first-order chi connectivity index (χ1) is 10.8. The number of aromatic nitrogens is 1. The van der Waals surface area contributed by atoms with Crippen LogP contribution in [0.15, 0.2) is 12.1 Å². The summed E-state index contributed by atoms with van der Waals surface area (Å²) in [6.07, 6.45) is 3.41. The summed E-state index contributed by atoms with van der Waals surface area (Å²) in [6, 6.07) is 5.65. The maximum Gasteiger partial charge on any atom is 0.161 e. The molecule has 2 saturated heterocycles. The van der Waals surface area contributed by atoms with Gasteiger partial charge < -0.3 is 14.4 Å². The van der Waals surface area contributed by atoms with Crippen LogP contribution in [0.2, 0.25) is 5.02 Å². The molecule has 2 fully saturated rings. The van der Waals surface area contributed by atoms with Crippen LogP contribution in [0.4, 0.5) is 5.82 Å². The van der Waals surface area contributed by atoms with E-state index in [1.54, 1.807) is 6.07 Å². The molecule has 3 heterocycles. The molecule has 1 aromatic rings. The highest BCUT2D eigenvalue weighted by molar-refractivity contribution is 6.31. The van der Waals surface area contributed by atoms with Crippen molar-refractivity contribution in [3.05, 3.63) is 22.8 Å². The number of nitriles is 1. The van der Waals surface area contributed by atoms with E-state index in [0.717, 1.165) is 58.0 Å². The first-order valence-electron chi connectivity index (χ1n) is 7.77. The predicted molar refractivity (Wildman–Crippen MR) is 84.1 cm³/mol. The third-order valence-electron chi connectivity index (χ3n) is 4.29. The van der Waals surface area contributed by atoms with Gasteiger partial charge in [0.2, 0.25) is 0 Å². The van der Waals surface area contributed by atoms with Crippen LogP contribution >= 0.6 is 11.6 Å². The van der Waals surface area contributed by atoms with Crippen LogP contribution in [0.5, 0.6) is 0 Å². The molecule has 5 nitrogen and oxygen atoms in total. The number of pyridine rings is 1. The summed E-state index contributed by atoms with van der Waals surface area (Å²) in [5.41, 5.74) is 0.291. The number of anilines is 1. The monoisotopic (exact) mass is 321 g/mol. The summed E-state index contributed by atoms with van der Waals surface area (Å²) in [5.74, 6) is 1.39. The van der Waals surface area contributed by atoms with E-state index in [-0.39, 0.29) is 0 Å².